The van der Waals surface area contributed by atoms with E-state index in [1.165, 1.54) is 43.5 Å². The molecule has 3 aromatic rings. The smallest absolute Gasteiger partial charge is 0.280 e. The van der Waals surface area contributed by atoms with Crippen LogP contribution in [-0.4, -0.2) is 78.2 Å². The summed E-state index contributed by atoms with van der Waals surface area (Å²) in [6, 6.07) is 7.78. The lowest BCUT2D eigenvalue weighted by molar-refractivity contribution is -0.126. The third-order valence-electron chi connectivity index (χ3n) is 8.30. The molecule has 2 fully saturated rings. The van der Waals surface area contributed by atoms with Gasteiger partial charge in [0, 0.05) is 42.4 Å². The van der Waals surface area contributed by atoms with Crippen molar-refractivity contribution in [1.82, 2.24) is 24.8 Å². The number of aromatic amines is 1. The van der Waals surface area contributed by atoms with Gasteiger partial charge in [-0.25, -0.2) is 13.4 Å². The molecule has 1 saturated heterocycles. The summed E-state index contributed by atoms with van der Waals surface area (Å²) >= 11 is 0. The number of H-pyrrole nitrogens is 1. The highest BCUT2D eigenvalue weighted by Gasteiger charge is 2.29. The number of likely N-dealkylation sites (tertiary alicyclic amines) is 1. The zero-order valence-corrected chi connectivity index (χ0v) is 26.0. The van der Waals surface area contributed by atoms with Crippen LogP contribution in [0.4, 0.5) is 0 Å². The highest BCUT2D eigenvalue weighted by molar-refractivity contribution is 7.90. The minimum absolute atomic E-state index is 0.0135. The summed E-state index contributed by atoms with van der Waals surface area (Å²) in [4.78, 5) is 40.7. The van der Waals surface area contributed by atoms with Crippen molar-refractivity contribution in [3.05, 3.63) is 47.7 Å². The molecule has 1 aromatic carbocycles. The molecular weight excluding hydrogens is 568 g/mol. The molecule has 43 heavy (non-hydrogen) atoms. The SMILES string of the molecule is CC(C)NC(=O)C1CCC(n2/c(=N/C(=O)c3ccc(S(C)(=O)=O)cc3)[nH]c3cnc(OCCN4CCCCC4)cc32)CC1. The Morgan fingerprint density at radius 2 is 1.79 bits per heavy atom. The van der Waals surface area contributed by atoms with Gasteiger partial charge in [0.05, 0.1) is 22.1 Å². The molecule has 1 aliphatic heterocycles. The number of benzene rings is 1. The number of fused-ring (bicyclic) bond motifs is 1. The first-order valence-corrected chi connectivity index (χ1v) is 17.1. The van der Waals surface area contributed by atoms with Gasteiger partial charge in [0.25, 0.3) is 5.91 Å². The van der Waals surface area contributed by atoms with E-state index >= 15 is 0 Å². The van der Waals surface area contributed by atoms with Crippen LogP contribution in [0.1, 0.15) is 75.2 Å². The van der Waals surface area contributed by atoms with Crippen molar-refractivity contribution in [2.75, 3.05) is 32.5 Å². The second-order valence-electron chi connectivity index (χ2n) is 12.0. The van der Waals surface area contributed by atoms with Crippen LogP contribution in [0.15, 0.2) is 46.4 Å². The summed E-state index contributed by atoms with van der Waals surface area (Å²) in [6.07, 6.45) is 9.53. The molecule has 232 valence electrons. The van der Waals surface area contributed by atoms with Gasteiger partial charge in [0.15, 0.2) is 9.84 Å². The van der Waals surface area contributed by atoms with Gasteiger partial charge in [-0.3, -0.25) is 14.5 Å². The molecule has 1 saturated carbocycles. The lowest BCUT2D eigenvalue weighted by Gasteiger charge is -2.29. The normalized spacial score (nSPS) is 20.4. The molecule has 0 radical (unpaired) electrons. The van der Waals surface area contributed by atoms with E-state index in [0.29, 0.717) is 18.1 Å². The first kappa shape index (κ1) is 30.9. The van der Waals surface area contributed by atoms with E-state index in [-0.39, 0.29) is 34.4 Å². The minimum Gasteiger partial charge on any atom is -0.476 e. The van der Waals surface area contributed by atoms with Crippen LogP contribution in [0.2, 0.25) is 0 Å². The van der Waals surface area contributed by atoms with Crippen molar-refractivity contribution in [2.45, 2.75) is 75.8 Å². The third kappa shape index (κ3) is 7.72. The average molecular weight is 611 g/mol. The fourth-order valence-electron chi connectivity index (χ4n) is 6.01. The third-order valence-corrected chi connectivity index (χ3v) is 9.43. The van der Waals surface area contributed by atoms with Crippen LogP contribution in [0, 0.1) is 5.92 Å². The maximum Gasteiger partial charge on any atom is 0.280 e. The Labute approximate surface area is 252 Å². The number of nitrogens with zero attached hydrogens (tertiary/aromatic N) is 4. The highest BCUT2D eigenvalue weighted by Crippen LogP contribution is 2.34. The Bertz CT molecular complexity index is 1610. The quantitative estimate of drug-likeness (QED) is 0.377. The summed E-state index contributed by atoms with van der Waals surface area (Å²) in [5.74, 6) is 0.0617. The fraction of sp³-hybridized carbons (Fsp3) is 0.548. The Morgan fingerprint density at radius 1 is 1.09 bits per heavy atom. The molecule has 5 rings (SSSR count). The van der Waals surface area contributed by atoms with Crippen LogP contribution in [0.5, 0.6) is 5.88 Å². The standard InChI is InChI=1S/C31H42N6O5S/c1-21(2)33-29(38)22-7-11-24(12-8-22)37-27-19-28(42-18-17-36-15-5-4-6-16-36)32-20-26(27)34-31(37)35-30(39)23-9-13-25(14-10-23)43(3,40)41/h9-10,13-14,19-22,24H,4-8,11-12,15-18H2,1-3H3,(H,33,38)(H,34,35,39). The molecule has 0 bridgehead atoms. The fourth-order valence-corrected chi connectivity index (χ4v) is 6.64. The van der Waals surface area contributed by atoms with Gasteiger partial charge in [-0.05, 0) is 89.7 Å². The second-order valence-corrected chi connectivity index (χ2v) is 14.0. The number of carbonyl (C=O) groups excluding carboxylic acids is 2. The number of aromatic nitrogens is 3. The van der Waals surface area contributed by atoms with Gasteiger partial charge < -0.3 is 19.6 Å². The summed E-state index contributed by atoms with van der Waals surface area (Å²) in [6.45, 7) is 7.51. The molecule has 11 nitrogen and oxygen atoms in total. The number of hydrogen-bond acceptors (Lipinski definition) is 7. The topological polar surface area (TPSA) is 139 Å². The van der Waals surface area contributed by atoms with Crippen molar-refractivity contribution in [1.29, 1.82) is 0 Å². The number of sulfone groups is 1. The van der Waals surface area contributed by atoms with Crippen molar-refractivity contribution in [3.8, 4) is 5.88 Å². The van der Waals surface area contributed by atoms with Gasteiger partial charge in [-0.15, -0.1) is 0 Å². The minimum atomic E-state index is -3.38. The molecular formula is C31H42N6O5S. The molecule has 2 amide bonds. The van der Waals surface area contributed by atoms with Crippen molar-refractivity contribution in [2.24, 2.45) is 10.9 Å². The van der Waals surface area contributed by atoms with Crippen molar-refractivity contribution >= 4 is 32.7 Å². The first-order valence-electron chi connectivity index (χ1n) is 15.2. The second kappa shape index (κ2) is 13.4. The maximum absolute atomic E-state index is 13.2. The molecule has 2 aliphatic rings. The lowest BCUT2D eigenvalue weighted by atomic mass is 9.85. The van der Waals surface area contributed by atoms with E-state index in [0.717, 1.165) is 62.6 Å². The lowest BCUT2D eigenvalue weighted by Crippen LogP contribution is -2.38. The number of pyridine rings is 1. The highest BCUT2D eigenvalue weighted by atomic mass is 32.2. The number of rotatable bonds is 9. The maximum atomic E-state index is 13.2. The summed E-state index contributed by atoms with van der Waals surface area (Å²) in [7, 11) is -3.38. The predicted molar refractivity (Wildman–Crippen MR) is 164 cm³/mol. The number of imidazole rings is 1. The van der Waals surface area contributed by atoms with E-state index in [1.807, 2.05) is 24.5 Å². The van der Waals surface area contributed by atoms with Crippen molar-refractivity contribution < 1.29 is 22.7 Å². The number of hydrogen-bond donors (Lipinski definition) is 2. The van der Waals surface area contributed by atoms with Gasteiger partial charge in [0.2, 0.25) is 17.4 Å². The van der Waals surface area contributed by atoms with Crippen LogP contribution in [0.3, 0.4) is 0 Å². The number of piperidine rings is 1. The predicted octanol–water partition coefficient (Wildman–Crippen LogP) is 3.63. The van der Waals surface area contributed by atoms with E-state index in [4.69, 9.17) is 4.74 Å². The Morgan fingerprint density at radius 3 is 2.44 bits per heavy atom. The average Bonchev–Trinajstić information content (AvgIpc) is 3.34. The van der Waals surface area contributed by atoms with Crippen LogP contribution < -0.4 is 15.7 Å². The van der Waals surface area contributed by atoms with Gasteiger partial charge in [-0.1, -0.05) is 6.42 Å². The molecule has 0 atom stereocenters. The largest absolute Gasteiger partial charge is 0.476 e. The van der Waals surface area contributed by atoms with Crippen LogP contribution in [0.25, 0.3) is 11.0 Å². The summed E-state index contributed by atoms with van der Waals surface area (Å²) in [5.41, 5.74) is 2.22. The van der Waals surface area contributed by atoms with E-state index < -0.39 is 15.7 Å². The molecule has 0 spiro atoms. The molecule has 1 aliphatic carbocycles. The van der Waals surface area contributed by atoms with Crippen LogP contribution in [-0.2, 0) is 14.6 Å². The number of amides is 2. The van der Waals surface area contributed by atoms with Gasteiger partial charge in [-0.2, -0.15) is 4.99 Å². The molecule has 12 heteroatoms. The van der Waals surface area contributed by atoms with Crippen LogP contribution >= 0.6 is 0 Å². The summed E-state index contributed by atoms with van der Waals surface area (Å²) in [5, 5.41) is 3.03. The molecule has 0 unspecified atom stereocenters. The van der Waals surface area contributed by atoms with Crippen molar-refractivity contribution in [3.63, 3.8) is 0 Å². The number of carbonyl (C=O) groups is 2. The van der Waals surface area contributed by atoms with E-state index in [2.05, 4.69) is 25.2 Å². The zero-order chi connectivity index (χ0) is 30.6. The molecule has 2 aromatic heterocycles. The molecule has 2 N–H and O–H groups in total. The summed E-state index contributed by atoms with van der Waals surface area (Å²) < 4.78 is 31.8. The number of ether oxygens (including phenoxy) is 1. The van der Waals surface area contributed by atoms with Gasteiger partial charge in [0.1, 0.15) is 6.61 Å². The zero-order valence-electron chi connectivity index (χ0n) is 25.2. The number of nitrogens with one attached hydrogen (secondary N) is 2. The molecule has 3 heterocycles. The van der Waals surface area contributed by atoms with E-state index in [1.54, 1.807) is 6.20 Å². The Balaban J connectivity index is 1.43. The Hall–Kier alpha value is -3.51. The van der Waals surface area contributed by atoms with E-state index in [9.17, 15) is 18.0 Å². The van der Waals surface area contributed by atoms with Gasteiger partial charge >= 0.3 is 0 Å². The Kier molecular flexibility index (Phi) is 9.65. The first-order chi connectivity index (χ1) is 20.6. The monoisotopic (exact) mass is 610 g/mol.